The number of nitrogens with one attached hydrogen (secondary N) is 1. The Hall–Kier alpha value is -0.780. The molecule has 1 rings (SSSR count). The zero-order valence-corrected chi connectivity index (χ0v) is 13.7. The second-order valence-corrected chi connectivity index (χ2v) is 7.56. The smallest absolute Gasteiger partial charge is 0.175 e. The highest BCUT2D eigenvalue weighted by Gasteiger charge is 2.25. The molecular formula is C14H22ClNO3S. The van der Waals surface area contributed by atoms with Crippen LogP contribution in [0.5, 0.6) is 0 Å². The first kappa shape index (κ1) is 17.3. The van der Waals surface area contributed by atoms with Gasteiger partial charge in [-0.2, -0.15) is 0 Å². The Bertz CT molecular complexity index is 545. The number of hydrogen-bond acceptors (Lipinski definition) is 4. The molecule has 4 nitrogen and oxygen atoms in total. The van der Waals surface area contributed by atoms with E-state index < -0.39 is 9.84 Å². The van der Waals surface area contributed by atoms with Gasteiger partial charge in [-0.1, -0.05) is 25.4 Å². The third-order valence-corrected chi connectivity index (χ3v) is 5.30. The van der Waals surface area contributed by atoms with Crippen LogP contribution in [0.15, 0.2) is 23.1 Å². The van der Waals surface area contributed by atoms with Gasteiger partial charge in [-0.15, -0.1) is 0 Å². The second-order valence-electron chi connectivity index (χ2n) is 5.13. The number of rotatable bonds is 7. The molecule has 0 unspecified atom stereocenters. The van der Waals surface area contributed by atoms with E-state index in [4.69, 9.17) is 11.6 Å². The summed E-state index contributed by atoms with van der Waals surface area (Å²) in [6.07, 6.45) is 2.82. The molecular weight excluding hydrogens is 298 g/mol. The molecule has 1 aromatic carbocycles. The van der Waals surface area contributed by atoms with E-state index in [-0.39, 0.29) is 16.9 Å². The highest BCUT2D eigenvalue weighted by Crippen LogP contribution is 2.30. The van der Waals surface area contributed by atoms with E-state index in [1.165, 1.54) is 12.1 Å². The predicted octanol–water partition coefficient (Wildman–Crippen LogP) is 2.95. The van der Waals surface area contributed by atoms with Crippen molar-refractivity contribution >= 4 is 27.1 Å². The van der Waals surface area contributed by atoms with Crippen molar-refractivity contribution in [3.63, 3.8) is 0 Å². The van der Waals surface area contributed by atoms with E-state index in [1.807, 2.05) is 13.8 Å². The van der Waals surface area contributed by atoms with Gasteiger partial charge in [0.25, 0.3) is 0 Å². The molecule has 1 aromatic rings. The van der Waals surface area contributed by atoms with E-state index in [0.29, 0.717) is 17.3 Å². The maximum atomic E-state index is 11.6. The first-order valence-electron chi connectivity index (χ1n) is 6.62. The Morgan fingerprint density at radius 2 is 1.90 bits per heavy atom. The summed E-state index contributed by atoms with van der Waals surface area (Å²) in [7, 11) is -3.26. The lowest BCUT2D eigenvalue weighted by molar-refractivity contribution is 0.127. The summed E-state index contributed by atoms with van der Waals surface area (Å²) in [5.74, 6) is 0. The summed E-state index contributed by atoms with van der Waals surface area (Å²) < 4.78 is 23.1. The zero-order chi connectivity index (χ0) is 15.4. The Morgan fingerprint density at radius 3 is 2.35 bits per heavy atom. The van der Waals surface area contributed by atoms with Crippen LogP contribution in [-0.4, -0.2) is 32.9 Å². The first-order valence-corrected chi connectivity index (χ1v) is 8.89. The van der Waals surface area contributed by atoms with Crippen molar-refractivity contribution in [1.29, 1.82) is 0 Å². The molecule has 0 bridgehead atoms. The number of halogens is 1. The molecule has 0 aliphatic heterocycles. The molecule has 20 heavy (non-hydrogen) atoms. The molecule has 0 spiro atoms. The van der Waals surface area contributed by atoms with Crippen LogP contribution in [0.2, 0.25) is 5.02 Å². The van der Waals surface area contributed by atoms with Gasteiger partial charge >= 0.3 is 0 Å². The van der Waals surface area contributed by atoms with Crippen molar-refractivity contribution in [2.75, 3.05) is 24.7 Å². The summed E-state index contributed by atoms with van der Waals surface area (Å²) in [6, 6.07) is 4.59. The number of aliphatic hydroxyl groups excluding tert-OH is 1. The number of hydrogen-bond donors (Lipinski definition) is 2. The van der Waals surface area contributed by atoms with Crippen molar-refractivity contribution in [3.05, 3.63) is 23.2 Å². The van der Waals surface area contributed by atoms with Gasteiger partial charge in [0.05, 0.1) is 22.2 Å². The lowest BCUT2D eigenvalue weighted by atomic mass is 9.83. The number of aliphatic hydroxyl groups is 1. The van der Waals surface area contributed by atoms with Crippen molar-refractivity contribution in [1.82, 2.24) is 0 Å². The highest BCUT2D eigenvalue weighted by atomic mass is 35.5. The Morgan fingerprint density at radius 1 is 1.30 bits per heavy atom. The summed E-state index contributed by atoms with van der Waals surface area (Å²) in [4.78, 5) is 0.229. The topological polar surface area (TPSA) is 66.4 Å². The van der Waals surface area contributed by atoms with Gasteiger partial charge in [0.2, 0.25) is 0 Å². The van der Waals surface area contributed by atoms with Crippen LogP contribution in [0.1, 0.15) is 26.7 Å². The van der Waals surface area contributed by atoms with E-state index in [0.717, 1.165) is 19.1 Å². The molecule has 0 amide bonds. The molecule has 0 aliphatic carbocycles. The standard InChI is InChI=1S/C14H22ClNO3S/c1-4-14(5-2,10-17)9-16-13-8-11(20(3,18)19)6-7-12(13)15/h6-8,16-17H,4-5,9-10H2,1-3H3. The number of anilines is 1. The van der Waals surface area contributed by atoms with E-state index in [9.17, 15) is 13.5 Å². The van der Waals surface area contributed by atoms with E-state index in [2.05, 4.69) is 5.32 Å². The Balaban J connectivity index is 2.98. The minimum Gasteiger partial charge on any atom is -0.396 e. The molecule has 0 heterocycles. The fourth-order valence-corrected chi connectivity index (χ4v) is 2.76. The van der Waals surface area contributed by atoms with Crippen molar-refractivity contribution in [2.45, 2.75) is 31.6 Å². The van der Waals surface area contributed by atoms with Gasteiger partial charge in [-0.3, -0.25) is 0 Å². The van der Waals surface area contributed by atoms with E-state index >= 15 is 0 Å². The molecule has 0 fully saturated rings. The van der Waals surface area contributed by atoms with Crippen LogP contribution in [0, 0.1) is 5.41 Å². The first-order chi connectivity index (χ1) is 9.28. The average Bonchev–Trinajstić information content (AvgIpc) is 2.41. The third kappa shape index (κ3) is 4.11. The summed E-state index contributed by atoms with van der Waals surface area (Å²) >= 11 is 6.08. The predicted molar refractivity (Wildman–Crippen MR) is 83.2 cm³/mol. The molecule has 0 radical (unpaired) electrons. The fraction of sp³-hybridized carbons (Fsp3) is 0.571. The highest BCUT2D eigenvalue weighted by molar-refractivity contribution is 7.90. The van der Waals surface area contributed by atoms with Gasteiger partial charge in [0.15, 0.2) is 9.84 Å². The van der Waals surface area contributed by atoms with E-state index in [1.54, 1.807) is 6.07 Å². The van der Waals surface area contributed by atoms with Gasteiger partial charge in [-0.05, 0) is 31.0 Å². The number of sulfone groups is 1. The van der Waals surface area contributed by atoms with Crippen molar-refractivity contribution < 1.29 is 13.5 Å². The number of benzene rings is 1. The van der Waals surface area contributed by atoms with Crippen LogP contribution >= 0.6 is 11.6 Å². The Labute approximate surface area is 126 Å². The molecule has 0 atom stereocenters. The molecule has 0 aliphatic rings. The minimum absolute atomic E-state index is 0.0797. The quantitative estimate of drug-likeness (QED) is 0.811. The van der Waals surface area contributed by atoms with Gasteiger partial charge in [-0.25, -0.2) is 8.42 Å². The van der Waals surface area contributed by atoms with Crippen LogP contribution < -0.4 is 5.32 Å². The Kier molecular flexibility index (Phi) is 5.86. The molecule has 0 saturated carbocycles. The molecule has 0 aromatic heterocycles. The summed E-state index contributed by atoms with van der Waals surface area (Å²) in [5.41, 5.74) is 0.360. The maximum absolute atomic E-state index is 11.6. The lowest BCUT2D eigenvalue weighted by Crippen LogP contribution is -2.32. The second kappa shape index (κ2) is 6.78. The van der Waals surface area contributed by atoms with Crippen LogP contribution in [0.25, 0.3) is 0 Å². The molecule has 0 saturated heterocycles. The summed E-state index contributed by atoms with van der Waals surface area (Å²) in [6.45, 7) is 4.67. The normalized spacial score (nSPS) is 12.4. The van der Waals surface area contributed by atoms with Gasteiger partial charge in [0.1, 0.15) is 0 Å². The van der Waals surface area contributed by atoms with Gasteiger partial charge < -0.3 is 10.4 Å². The average molecular weight is 320 g/mol. The van der Waals surface area contributed by atoms with Crippen molar-refractivity contribution in [2.24, 2.45) is 5.41 Å². The molecule has 2 N–H and O–H groups in total. The maximum Gasteiger partial charge on any atom is 0.175 e. The van der Waals surface area contributed by atoms with Crippen LogP contribution in [0.3, 0.4) is 0 Å². The largest absolute Gasteiger partial charge is 0.396 e. The lowest BCUT2D eigenvalue weighted by Gasteiger charge is -2.30. The third-order valence-electron chi connectivity index (χ3n) is 3.86. The zero-order valence-electron chi connectivity index (χ0n) is 12.1. The minimum atomic E-state index is -3.26. The SMILES string of the molecule is CCC(CC)(CO)CNc1cc(S(C)(=O)=O)ccc1Cl. The van der Waals surface area contributed by atoms with Crippen LogP contribution in [-0.2, 0) is 9.84 Å². The molecule has 6 heteroatoms. The molecule has 114 valence electrons. The fourth-order valence-electron chi connectivity index (χ4n) is 1.93. The monoisotopic (exact) mass is 319 g/mol. The summed E-state index contributed by atoms with van der Waals surface area (Å²) in [5, 5.41) is 13.2. The van der Waals surface area contributed by atoms with Crippen molar-refractivity contribution in [3.8, 4) is 0 Å². The van der Waals surface area contributed by atoms with Crippen LogP contribution in [0.4, 0.5) is 5.69 Å². The van der Waals surface area contributed by atoms with Gasteiger partial charge in [0, 0.05) is 18.2 Å².